The average Bonchev–Trinajstić information content (AvgIpc) is 3.51. The highest BCUT2D eigenvalue weighted by molar-refractivity contribution is 7.21. The molecule has 9 nitrogen and oxygen atoms in total. The Kier molecular flexibility index (Phi) is 7.03. The van der Waals surface area contributed by atoms with Crippen LogP contribution in [0, 0.1) is 12.8 Å². The molecule has 0 aromatic carbocycles. The van der Waals surface area contributed by atoms with Gasteiger partial charge in [-0.15, -0.1) is 11.3 Å². The smallest absolute Gasteiger partial charge is 0.250 e. The zero-order chi connectivity index (χ0) is 26.5. The number of aryl methyl sites for hydroxylation is 1. The van der Waals surface area contributed by atoms with Crippen LogP contribution in [0.25, 0.3) is 20.8 Å². The minimum Gasteiger partial charge on any atom is -0.390 e. The molecule has 0 radical (unpaired) electrons. The van der Waals surface area contributed by atoms with Crippen molar-refractivity contribution in [2.24, 2.45) is 5.92 Å². The normalized spacial score (nSPS) is 25.0. The Hall–Kier alpha value is -2.54. The van der Waals surface area contributed by atoms with Gasteiger partial charge < -0.3 is 25.6 Å². The largest absolute Gasteiger partial charge is 0.390 e. The van der Waals surface area contributed by atoms with Crippen LogP contribution in [0.2, 0.25) is 0 Å². The number of aromatic nitrogens is 4. The number of fused-ring (bicyclic) bond motifs is 1. The van der Waals surface area contributed by atoms with Gasteiger partial charge in [0.25, 0.3) is 5.92 Å². The van der Waals surface area contributed by atoms with Gasteiger partial charge in [0.2, 0.25) is 5.95 Å². The van der Waals surface area contributed by atoms with Crippen molar-refractivity contribution in [1.82, 2.24) is 19.9 Å². The molecule has 2 fully saturated rings. The summed E-state index contributed by atoms with van der Waals surface area (Å²) in [6.45, 7) is 4.96. The number of ether oxygens (including phenoxy) is 1. The summed E-state index contributed by atoms with van der Waals surface area (Å²) in [5, 5.41) is 28.0. The highest BCUT2D eigenvalue weighted by Gasteiger charge is 2.51. The topological polar surface area (TPSA) is 125 Å². The molecule has 3 aromatic heterocycles. The molecule has 2 aliphatic carbocycles. The fraction of sp³-hybridized carbons (Fsp3) is 0.600. The quantitative estimate of drug-likeness (QED) is 0.323. The molecule has 3 aromatic rings. The molecule has 12 heteroatoms. The molecule has 0 amide bonds. The molecule has 200 valence electrons. The summed E-state index contributed by atoms with van der Waals surface area (Å²) >= 11 is 1.49. The van der Waals surface area contributed by atoms with Gasteiger partial charge in [-0.2, -0.15) is 4.98 Å². The number of nitrogens with one attached hydrogen (secondary N) is 2. The van der Waals surface area contributed by atoms with Crippen molar-refractivity contribution in [1.29, 1.82) is 0 Å². The second-order valence-corrected chi connectivity index (χ2v) is 11.3. The number of aliphatic hydroxyl groups is 2. The lowest BCUT2D eigenvalue weighted by atomic mass is 9.98. The van der Waals surface area contributed by atoms with Crippen LogP contribution in [-0.4, -0.2) is 74.1 Å². The van der Waals surface area contributed by atoms with Crippen molar-refractivity contribution in [2.75, 3.05) is 24.4 Å². The molecule has 0 bridgehead atoms. The van der Waals surface area contributed by atoms with Crippen molar-refractivity contribution in [3.05, 3.63) is 23.7 Å². The third kappa shape index (κ3) is 5.25. The number of rotatable bonds is 9. The molecule has 37 heavy (non-hydrogen) atoms. The Labute approximate surface area is 217 Å². The Bertz CT molecular complexity index is 1280. The lowest BCUT2D eigenvalue weighted by Gasteiger charge is -2.22. The second kappa shape index (κ2) is 9.97. The highest BCUT2D eigenvalue weighted by atomic mass is 32.1. The van der Waals surface area contributed by atoms with Crippen molar-refractivity contribution < 1.29 is 23.7 Å². The molecule has 5 atom stereocenters. The van der Waals surface area contributed by atoms with E-state index in [-0.39, 0.29) is 12.5 Å². The van der Waals surface area contributed by atoms with Crippen molar-refractivity contribution >= 4 is 33.3 Å². The van der Waals surface area contributed by atoms with E-state index in [1.54, 1.807) is 13.3 Å². The van der Waals surface area contributed by atoms with Crippen molar-refractivity contribution in [3.63, 3.8) is 0 Å². The van der Waals surface area contributed by atoms with Gasteiger partial charge in [-0.1, -0.05) is 0 Å². The Morgan fingerprint density at radius 1 is 1.22 bits per heavy atom. The summed E-state index contributed by atoms with van der Waals surface area (Å²) in [6.07, 6.45) is 0.929. The Morgan fingerprint density at radius 3 is 2.62 bits per heavy atom. The van der Waals surface area contributed by atoms with E-state index in [1.807, 2.05) is 19.9 Å². The first-order chi connectivity index (χ1) is 17.6. The molecule has 5 rings (SSSR count). The highest BCUT2D eigenvalue weighted by Crippen LogP contribution is 2.45. The fourth-order valence-corrected chi connectivity index (χ4v) is 6.07. The second-order valence-electron chi connectivity index (χ2n) is 10.2. The van der Waals surface area contributed by atoms with Crippen molar-refractivity contribution in [3.8, 4) is 10.6 Å². The number of aliphatic hydroxyl groups excluding tert-OH is 2. The van der Waals surface area contributed by atoms with E-state index in [1.165, 1.54) is 11.3 Å². The summed E-state index contributed by atoms with van der Waals surface area (Å²) in [5.41, 5.74) is 3.10. The maximum Gasteiger partial charge on any atom is 0.250 e. The number of thiazole rings is 1. The van der Waals surface area contributed by atoms with E-state index in [4.69, 9.17) is 9.72 Å². The molecular weight excluding hydrogens is 502 g/mol. The number of alkyl halides is 2. The molecule has 3 heterocycles. The van der Waals surface area contributed by atoms with E-state index in [0.29, 0.717) is 40.6 Å². The van der Waals surface area contributed by atoms with Crippen LogP contribution in [0.5, 0.6) is 0 Å². The number of anilines is 2. The predicted octanol–water partition coefficient (Wildman–Crippen LogP) is 3.96. The maximum absolute atomic E-state index is 14.1. The molecule has 2 saturated carbocycles. The van der Waals surface area contributed by atoms with Crippen LogP contribution in [0.15, 0.2) is 12.3 Å². The first kappa shape index (κ1) is 26.1. The van der Waals surface area contributed by atoms with Gasteiger partial charge in [-0.3, -0.25) is 4.98 Å². The molecule has 0 saturated heterocycles. The zero-order valence-corrected chi connectivity index (χ0v) is 22.0. The summed E-state index contributed by atoms with van der Waals surface area (Å²) in [6, 6.07) is 1.01. The van der Waals surface area contributed by atoms with Crippen LogP contribution in [0.3, 0.4) is 0 Å². The number of halogens is 2. The molecule has 2 aliphatic rings. The third-order valence-corrected chi connectivity index (χ3v) is 8.09. The van der Waals surface area contributed by atoms with Crippen LogP contribution in [-0.2, 0) is 4.74 Å². The molecule has 0 unspecified atom stereocenters. The van der Waals surface area contributed by atoms with E-state index >= 15 is 0 Å². The van der Waals surface area contributed by atoms with Gasteiger partial charge in [0, 0.05) is 25.3 Å². The number of hydrogen-bond acceptors (Lipinski definition) is 10. The monoisotopic (exact) mass is 534 g/mol. The summed E-state index contributed by atoms with van der Waals surface area (Å²) < 4.78 is 34.4. The van der Waals surface area contributed by atoms with E-state index in [0.717, 1.165) is 35.7 Å². The van der Waals surface area contributed by atoms with Gasteiger partial charge in [-0.25, -0.2) is 18.7 Å². The fourth-order valence-electron chi connectivity index (χ4n) is 5.00. The van der Waals surface area contributed by atoms with Crippen LogP contribution < -0.4 is 10.6 Å². The van der Waals surface area contributed by atoms with Crippen LogP contribution in [0.4, 0.5) is 20.5 Å². The number of nitrogens with zero attached hydrogens (tertiary/aromatic N) is 4. The number of methoxy groups -OCH3 is 1. The summed E-state index contributed by atoms with van der Waals surface area (Å²) in [7, 11) is 1.60. The maximum atomic E-state index is 14.1. The van der Waals surface area contributed by atoms with Crippen LogP contribution in [0.1, 0.15) is 50.4 Å². The SMILES string of the molecule is COC[C@@H](C)Nc1nc(C)c(-c2nc3c(C4CC4)nccc3s2)c(N[C@@H]2C[C@H](C(C)(F)F)[C@@H](O)[C@H]2O)n1. The standard InChI is InChI=1S/C25H32F2N6O3S/c1-11(10-36-4)29-24-30-12(2)17(23-32-19-16(37-23)7-8-28-18(19)13-5-6-13)22(33-24)31-15-9-14(25(3,26)27)20(34)21(15)35/h7-8,11,13-15,20-21,34-35H,5-6,9-10H2,1-4H3,(H2,29,30,31,33)/t11-,14+,15-,20-,21+/m1/s1. The van der Waals surface area contributed by atoms with Crippen LogP contribution >= 0.6 is 11.3 Å². The number of pyridine rings is 1. The third-order valence-electron chi connectivity index (χ3n) is 7.05. The lowest BCUT2D eigenvalue weighted by Crippen LogP contribution is -2.38. The number of hydrogen-bond donors (Lipinski definition) is 4. The van der Waals surface area contributed by atoms with Gasteiger partial charge in [0.15, 0.2) is 0 Å². The lowest BCUT2D eigenvalue weighted by molar-refractivity contribution is -0.0950. The Balaban J connectivity index is 1.55. The summed E-state index contributed by atoms with van der Waals surface area (Å²) in [4.78, 5) is 18.8. The van der Waals surface area contributed by atoms with E-state index < -0.39 is 30.1 Å². The Morgan fingerprint density at radius 2 is 1.97 bits per heavy atom. The zero-order valence-electron chi connectivity index (χ0n) is 21.2. The molecule has 0 aliphatic heterocycles. The van der Waals surface area contributed by atoms with E-state index in [2.05, 4.69) is 25.6 Å². The minimum atomic E-state index is -3.14. The molecule has 0 spiro atoms. The molecular formula is C25H32F2N6O3S. The first-order valence-electron chi connectivity index (χ1n) is 12.5. The van der Waals surface area contributed by atoms with E-state index in [9.17, 15) is 19.0 Å². The van der Waals surface area contributed by atoms with Gasteiger partial charge in [0.1, 0.15) is 22.4 Å². The van der Waals surface area contributed by atoms with Gasteiger partial charge in [-0.05, 0) is 46.1 Å². The summed E-state index contributed by atoms with van der Waals surface area (Å²) in [5.74, 6) is -3.40. The van der Waals surface area contributed by atoms with Crippen molar-refractivity contribution in [2.45, 2.75) is 76.2 Å². The predicted molar refractivity (Wildman–Crippen MR) is 138 cm³/mol. The first-order valence-corrected chi connectivity index (χ1v) is 13.3. The molecule has 4 N–H and O–H groups in total. The van der Waals surface area contributed by atoms with Gasteiger partial charge in [0.05, 0.1) is 46.3 Å². The average molecular weight is 535 g/mol. The minimum absolute atomic E-state index is 0.0835. The van der Waals surface area contributed by atoms with Gasteiger partial charge >= 0.3 is 0 Å².